The molecule has 0 unspecified atom stereocenters. The number of nitrogens with two attached hydrogens (primary N) is 1. The zero-order valence-corrected chi connectivity index (χ0v) is 11.8. The number of benzene rings is 1. The van der Waals surface area contributed by atoms with Crippen molar-refractivity contribution < 1.29 is 9.90 Å². The van der Waals surface area contributed by atoms with Gasteiger partial charge in [0.2, 0.25) is 0 Å². The summed E-state index contributed by atoms with van der Waals surface area (Å²) in [5.74, 6) is 0.272. The van der Waals surface area contributed by atoms with Crippen LogP contribution in [0.15, 0.2) is 30.3 Å². The van der Waals surface area contributed by atoms with E-state index in [-0.39, 0.29) is 18.6 Å². The van der Waals surface area contributed by atoms with Crippen LogP contribution in [-0.4, -0.2) is 40.1 Å². The zero-order chi connectivity index (χ0) is 14.8. The van der Waals surface area contributed by atoms with E-state index in [0.29, 0.717) is 17.9 Å². The molecule has 0 radical (unpaired) electrons. The average Bonchev–Trinajstić information content (AvgIpc) is 2.43. The molecule has 1 amide bonds. The number of hydrogen-bond acceptors (Lipinski definition) is 4. The van der Waals surface area contributed by atoms with E-state index < -0.39 is 0 Å². The second-order valence-electron chi connectivity index (χ2n) is 5.42. The second kappa shape index (κ2) is 5.69. The van der Waals surface area contributed by atoms with Crippen LogP contribution < -0.4 is 5.73 Å². The molecule has 1 saturated carbocycles. The fourth-order valence-corrected chi connectivity index (χ4v) is 2.78. The summed E-state index contributed by atoms with van der Waals surface area (Å²) in [5.41, 5.74) is 7.12. The van der Waals surface area contributed by atoms with Gasteiger partial charge in [-0.3, -0.25) is 4.79 Å². The quantitative estimate of drug-likeness (QED) is 0.897. The lowest BCUT2D eigenvalue weighted by Gasteiger charge is -2.37. The molecule has 110 valence electrons. The van der Waals surface area contributed by atoms with Gasteiger partial charge >= 0.3 is 0 Å². The first-order valence-corrected chi connectivity index (χ1v) is 7.28. The lowest BCUT2D eigenvalue weighted by molar-refractivity contribution is 0.0528. The molecule has 1 aliphatic rings. The lowest BCUT2D eigenvalue weighted by Crippen LogP contribution is -2.45. The maximum atomic E-state index is 12.9. The van der Waals surface area contributed by atoms with Gasteiger partial charge in [0, 0.05) is 18.0 Å². The van der Waals surface area contributed by atoms with E-state index in [2.05, 4.69) is 4.98 Å². The molecule has 0 atom stereocenters. The molecule has 1 aromatic heterocycles. The Labute approximate surface area is 123 Å². The first kappa shape index (κ1) is 13.8. The number of aromatic nitrogens is 1. The Kier molecular flexibility index (Phi) is 3.75. The van der Waals surface area contributed by atoms with E-state index in [0.717, 1.165) is 30.2 Å². The maximum absolute atomic E-state index is 12.9. The van der Waals surface area contributed by atoms with Crippen molar-refractivity contribution in [2.24, 2.45) is 0 Å². The summed E-state index contributed by atoms with van der Waals surface area (Å²) >= 11 is 0. The number of aliphatic hydroxyl groups is 1. The van der Waals surface area contributed by atoms with Crippen LogP contribution in [0.2, 0.25) is 0 Å². The molecule has 3 N–H and O–H groups in total. The first-order chi connectivity index (χ1) is 10.2. The van der Waals surface area contributed by atoms with E-state index in [1.165, 1.54) is 0 Å². The standard InChI is InChI=1S/C16H19N3O2/c17-15-10-13(12-6-1-2-7-14(12)18-15)16(21)19(8-9-20)11-4-3-5-11/h1-2,6-7,10-11,20H,3-5,8-9H2,(H2,17,18). The molecule has 0 bridgehead atoms. The minimum Gasteiger partial charge on any atom is -0.395 e. The summed E-state index contributed by atoms with van der Waals surface area (Å²) in [6.45, 7) is 0.334. The van der Waals surface area contributed by atoms with Gasteiger partial charge in [-0.2, -0.15) is 0 Å². The van der Waals surface area contributed by atoms with E-state index in [1.54, 1.807) is 11.0 Å². The van der Waals surface area contributed by atoms with E-state index in [9.17, 15) is 9.90 Å². The monoisotopic (exact) mass is 285 g/mol. The number of aliphatic hydroxyl groups excluding tert-OH is 1. The van der Waals surface area contributed by atoms with Crippen molar-refractivity contribution in [3.8, 4) is 0 Å². The Bertz CT molecular complexity index is 668. The first-order valence-electron chi connectivity index (χ1n) is 7.28. The van der Waals surface area contributed by atoms with Crippen LogP contribution in [0, 0.1) is 0 Å². The van der Waals surface area contributed by atoms with Crippen molar-refractivity contribution in [1.29, 1.82) is 0 Å². The molecule has 2 aromatic rings. The average molecular weight is 285 g/mol. The summed E-state index contributed by atoms with van der Waals surface area (Å²) in [4.78, 5) is 18.9. The van der Waals surface area contributed by atoms with Crippen molar-refractivity contribution in [1.82, 2.24) is 9.88 Å². The Morgan fingerprint density at radius 3 is 2.81 bits per heavy atom. The van der Waals surface area contributed by atoms with Crippen LogP contribution in [0.1, 0.15) is 29.6 Å². The van der Waals surface area contributed by atoms with Crippen molar-refractivity contribution in [3.05, 3.63) is 35.9 Å². The highest BCUT2D eigenvalue weighted by Gasteiger charge is 2.29. The topological polar surface area (TPSA) is 79.5 Å². The number of anilines is 1. The zero-order valence-electron chi connectivity index (χ0n) is 11.8. The Balaban J connectivity index is 2.03. The van der Waals surface area contributed by atoms with Crippen molar-refractivity contribution >= 4 is 22.6 Å². The van der Waals surface area contributed by atoms with Crippen molar-refractivity contribution in [2.45, 2.75) is 25.3 Å². The van der Waals surface area contributed by atoms with Gasteiger partial charge in [-0.25, -0.2) is 4.98 Å². The van der Waals surface area contributed by atoms with Crippen LogP contribution in [0.25, 0.3) is 10.9 Å². The second-order valence-corrected chi connectivity index (χ2v) is 5.42. The minimum atomic E-state index is -0.0703. The third-order valence-corrected chi connectivity index (χ3v) is 4.08. The number of pyridine rings is 1. The molecule has 5 heteroatoms. The molecule has 1 heterocycles. The largest absolute Gasteiger partial charge is 0.395 e. The van der Waals surface area contributed by atoms with Gasteiger partial charge in [0.1, 0.15) is 5.82 Å². The van der Waals surface area contributed by atoms with Crippen LogP contribution >= 0.6 is 0 Å². The molecule has 0 aliphatic heterocycles. The maximum Gasteiger partial charge on any atom is 0.255 e. The number of nitrogens with zero attached hydrogens (tertiary/aromatic N) is 2. The van der Waals surface area contributed by atoms with Gasteiger partial charge in [0.25, 0.3) is 5.91 Å². The molecule has 1 fully saturated rings. The molecule has 21 heavy (non-hydrogen) atoms. The number of nitrogen functional groups attached to an aromatic ring is 1. The fourth-order valence-electron chi connectivity index (χ4n) is 2.78. The van der Waals surface area contributed by atoms with Gasteiger partial charge in [-0.05, 0) is 31.4 Å². The molecular formula is C16H19N3O2. The smallest absolute Gasteiger partial charge is 0.255 e. The summed E-state index contributed by atoms with van der Waals surface area (Å²) in [6.07, 6.45) is 3.15. The number of amides is 1. The highest BCUT2D eigenvalue weighted by molar-refractivity contribution is 6.07. The molecule has 3 rings (SSSR count). The summed E-state index contributed by atoms with van der Waals surface area (Å²) in [6, 6.07) is 9.36. The van der Waals surface area contributed by atoms with Gasteiger partial charge < -0.3 is 15.7 Å². The lowest BCUT2D eigenvalue weighted by atomic mass is 9.90. The number of fused-ring (bicyclic) bond motifs is 1. The molecular weight excluding hydrogens is 266 g/mol. The summed E-state index contributed by atoms with van der Waals surface area (Å²) in [7, 11) is 0. The van der Waals surface area contributed by atoms with Gasteiger partial charge in [-0.1, -0.05) is 18.2 Å². The number of carbonyl (C=O) groups excluding carboxylic acids is 1. The van der Waals surface area contributed by atoms with Gasteiger partial charge in [0.15, 0.2) is 0 Å². The van der Waals surface area contributed by atoms with Crippen molar-refractivity contribution in [3.63, 3.8) is 0 Å². The normalized spacial score (nSPS) is 14.9. The molecule has 1 aromatic carbocycles. The number of carbonyl (C=O) groups is 1. The minimum absolute atomic E-state index is 0.0270. The number of rotatable bonds is 4. The number of hydrogen-bond donors (Lipinski definition) is 2. The molecule has 1 aliphatic carbocycles. The van der Waals surface area contributed by atoms with Crippen LogP contribution in [-0.2, 0) is 0 Å². The predicted octanol–water partition coefficient (Wildman–Crippen LogP) is 1.80. The molecule has 5 nitrogen and oxygen atoms in total. The highest BCUT2D eigenvalue weighted by Crippen LogP contribution is 2.28. The summed E-state index contributed by atoms with van der Waals surface area (Å²) < 4.78 is 0. The summed E-state index contributed by atoms with van der Waals surface area (Å²) in [5, 5.41) is 10.0. The highest BCUT2D eigenvalue weighted by atomic mass is 16.3. The number of para-hydroxylation sites is 1. The SMILES string of the molecule is Nc1cc(C(=O)N(CCO)C2CCC2)c2ccccc2n1. The van der Waals surface area contributed by atoms with Crippen LogP contribution in [0.4, 0.5) is 5.82 Å². The Hall–Kier alpha value is -2.14. The Morgan fingerprint density at radius 1 is 1.38 bits per heavy atom. The predicted molar refractivity (Wildman–Crippen MR) is 81.9 cm³/mol. The fraction of sp³-hybridized carbons (Fsp3) is 0.375. The van der Waals surface area contributed by atoms with Gasteiger partial charge in [0.05, 0.1) is 17.7 Å². The van der Waals surface area contributed by atoms with Crippen LogP contribution in [0.5, 0.6) is 0 Å². The van der Waals surface area contributed by atoms with Crippen molar-refractivity contribution in [2.75, 3.05) is 18.9 Å². The Morgan fingerprint density at radius 2 is 2.14 bits per heavy atom. The third kappa shape index (κ3) is 2.56. The third-order valence-electron chi connectivity index (χ3n) is 4.08. The molecule has 0 spiro atoms. The van der Waals surface area contributed by atoms with E-state index in [1.807, 2.05) is 24.3 Å². The van der Waals surface area contributed by atoms with Gasteiger partial charge in [-0.15, -0.1) is 0 Å². The van der Waals surface area contributed by atoms with Crippen LogP contribution in [0.3, 0.4) is 0 Å². The van der Waals surface area contributed by atoms with E-state index >= 15 is 0 Å². The molecule has 0 saturated heterocycles. The van der Waals surface area contributed by atoms with E-state index in [4.69, 9.17) is 5.73 Å².